The Balaban J connectivity index is 1.59. The van der Waals surface area contributed by atoms with Gasteiger partial charge in [0.2, 0.25) is 0 Å². The molecule has 2 amide bonds. The van der Waals surface area contributed by atoms with Crippen LogP contribution >= 0.6 is 15.9 Å². The number of amides is 2. The Hall–Kier alpha value is -2.58. The van der Waals surface area contributed by atoms with Crippen LogP contribution in [0.3, 0.4) is 0 Å². The number of hydrogen-bond donors (Lipinski definition) is 0. The zero-order valence-electron chi connectivity index (χ0n) is 18.2. The summed E-state index contributed by atoms with van der Waals surface area (Å²) in [7, 11) is 0. The molecule has 1 saturated heterocycles. The molecule has 1 aliphatic rings. The van der Waals surface area contributed by atoms with Gasteiger partial charge in [-0.2, -0.15) is 0 Å². The van der Waals surface area contributed by atoms with Gasteiger partial charge in [0.1, 0.15) is 13.2 Å². The van der Waals surface area contributed by atoms with Gasteiger partial charge in [-0.05, 0) is 11.1 Å². The first-order valence-electron chi connectivity index (χ1n) is 10.9. The summed E-state index contributed by atoms with van der Waals surface area (Å²) in [4.78, 5) is 31.1. The average Bonchev–Trinajstić information content (AvgIpc) is 2.93. The molecule has 0 radical (unpaired) electrons. The van der Waals surface area contributed by atoms with Crippen molar-refractivity contribution in [3.05, 3.63) is 71.8 Å². The Morgan fingerprint density at radius 1 is 0.688 bits per heavy atom. The lowest BCUT2D eigenvalue weighted by Crippen LogP contribution is -2.42. The molecule has 0 unspecified atom stereocenters. The molecule has 0 atom stereocenters. The molecule has 0 aliphatic carbocycles. The van der Waals surface area contributed by atoms with E-state index in [4.69, 9.17) is 9.47 Å². The summed E-state index contributed by atoms with van der Waals surface area (Å²) in [5.74, 6) is 0. The normalized spacial score (nSPS) is 15.4. The molecule has 1 aliphatic heterocycles. The first-order chi connectivity index (χ1) is 15.7. The number of alkyl halides is 1. The van der Waals surface area contributed by atoms with Crippen LogP contribution in [0.1, 0.15) is 11.1 Å². The molecule has 0 spiro atoms. The number of carbonyl (C=O) groups is 2. The largest absolute Gasteiger partial charge is 0.445 e. The molecule has 32 heavy (non-hydrogen) atoms. The number of carbonyl (C=O) groups excluding carboxylic acids is 2. The van der Waals surface area contributed by atoms with E-state index < -0.39 is 0 Å². The first-order valence-corrected chi connectivity index (χ1v) is 12.0. The van der Waals surface area contributed by atoms with E-state index in [1.165, 1.54) is 0 Å². The van der Waals surface area contributed by atoms with Gasteiger partial charge in [-0.3, -0.25) is 4.90 Å². The van der Waals surface area contributed by atoms with Crippen LogP contribution < -0.4 is 0 Å². The number of halogens is 1. The SMILES string of the molecule is O=C(OCc1ccccc1)N1CCN(CCBr)CCN(C(=O)OCc2ccccc2)CC1. The van der Waals surface area contributed by atoms with Crippen molar-refractivity contribution < 1.29 is 19.1 Å². The Kier molecular flexibility index (Phi) is 9.84. The maximum atomic E-state index is 12.7. The molecule has 0 bridgehead atoms. The second-order valence-electron chi connectivity index (χ2n) is 7.59. The van der Waals surface area contributed by atoms with Crippen LogP contribution in [0.5, 0.6) is 0 Å². The minimum atomic E-state index is -0.368. The van der Waals surface area contributed by atoms with E-state index in [2.05, 4.69) is 20.8 Å². The summed E-state index contributed by atoms with van der Waals surface area (Å²) in [6.45, 7) is 4.62. The summed E-state index contributed by atoms with van der Waals surface area (Å²) < 4.78 is 11.1. The van der Waals surface area contributed by atoms with Crippen LogP contribution in [0.2, 0.25) is 0 Å². The van der Waals surface area contributed by atoms with Crippen molar-refractivity contribution in [2.75, 3.05) is 51.1 Å². The molecule has 7 nitrogen and oxygen atoms in total. The topological polar surface area (TPSA) is 62.3 Å². The van der Waals surface area contributed by atoms with Crippen LogP contribution in [0.25, 0.3) is 0 Å². The van der Waals surface area contributed by atoms with Gasteiger partial charge in [-0.15, -0.1) is 0 Å². The Labute approximate surface area is 198 Å². The second-order valence-corrected chi connectivity index (χ2v) is 8.38. The zero-order valence-corrected chi connectivity index (χ0v) is 19.8. The lowest BCUT2D eigenvalue weighted by atomic mass is 10.2. The van der Waals surface area contributed by atoms with Gasteiger partial charge in [-0.25, -0.2) is 9.59 Å². The van der Waals surface area contributed by atoms with E-state index in [9.17, 15) is 9.59 Å². The average molecular weight is 504 g/mol. The number of rotatable bonds is 6. The fourth-order valence-corrected chi connectivity index (χ4v) is 3.93. The predicted molar refractivity (Wildman–Crippen MR) is 127 cm³/mol. The third-order valence-corrected chi connectivity index (χ3v) is 5.69. The van der Waals surface area contributed by atoms with E-state index in [-0.39, 0.29) is 25.4 Å². The standard InChI is InChI=1S/C24H30BrN3O4/c25-11-12-26-13-15-27(23(29)31-19-21-7-3-1-4-8-21)17-18-28(16-14-26)24(30)32-20-22-9-5-2-6-10-22/h1-10H,11-20H2. The summed E-state index contributed by atoms with van der Waals surface area (Å²) in [6, 6.07) is 19.2. The molecule has 0 N–H and O–H groups in total. The maximum Gasteiger partial charge on any atom is 0.410 e. The first kappa shape index (κ1) is 24.1. The van der Waals surface area contributed by atoms with Gasteiger partial charge in [0, 0.05) is 51.1 Å². The van der Waals surface area contributed by atoms with Crippen molar-refractivity contribution in [1.29, 1.82) is 0 Å². The van der Waals surface area contributed by atoms with E-state index in [0.29, 0.717) is 26.2 Å². The van der Waals surface area contributed by atoms with Gasteiger partial charge in [0.15, 0.2) is 0 Å². The lowest BCUT2D eigenvalue weighted by Gasteiger charge is -2.25. The van der Waals surface area contributed by atoms with Crippen LogP contribution in [-0.2, 0) is 22.7 Å². The molecule has 8 heteroatoms. The van der Waals surface area contributed by atoms with Crippen LogP contribution in [-0.4, -0.2) is 78.0 Å². The van der Waals surface area contributed by atoms with E-state index in [0.717, 1.165) is 36.1 Å². The van der Waals surface area contributed by atoms with E-state index in [1.54, 1.807) is 9.80 Å². The Morgan fingerprint density at radius 2 is 1.09 bits per heavy atom. The Morgan fingerprint density at radius 3 is 1.50 bits per heavy atom. The molecule has 3 rings (SSSR count). The van der Waals surface area contributed by atoms with Gasteiger partial charge in [-0.1, -0.05) is 76.6 Å². The highest BCUT2D eigenvalue weighted by Crippen LogP contribution is 2.09. The van der Waals surface area contributed by atoms with Crippen molar-refractivity contribution >= 4 is 28.1 Å². The van der Waals surface area contributed by atoms with Crippen LogP contribution in [0, 0.1) is 0 Å². The molecule has 172 valence electrons. The highest BCUT2D eigenvalue weighted by atomic mass is 79.9. The van der Waals surface area contributed by atoms with Gasteiger partial charge in [0.05, 0.1) is 0 Å². The van der Waals surface area contributed by atoms with Gasteiger partial charge < -0.3 is 19.3 Å². The summed E-state index contributed by atoms with van der Waals surface area (Å²) in [6.07, 6.45) is -0.737. The van der Waals surface area contributed by atoms with Crippen molar-refractivity contribution in [3.8, 4) is 0 Å². The molecule has 2 aromatic carbocycles. The lowest BCUT2D eigenvalue weighted by molar-refractivity contribution is 0.0818. The molecule has 0 aromatic heterocycles. The van der Waals surface area contributed by atoms with Gasteiger partial charge >= 0.3 is 12.2 Å². The highest BCUT2D eigenvalue weighted by molar-refractivity contribution is 9.09. The molecule has 2 aromatic rings. The number of hydrogen-bond acceptors (Lipinski definition) is 5. The maximum absolute atomic E-state index is 12.7. The molecular formula is C24H30BrN3O4. The summed E-state index contributed by atoms with van der Waals surface area (Å²) in [5.41, 5.74) is 1.88. The quantitative estimate of drug-likeness (QED) is 0.558. The number of nitrogens with zero attached hydrogens (tertiary/aromatic N) is 3. The third kappa shape index (κ3) is 7.84. The summed E-state index contributed by atoms with van der Waals surface area (Å²) >= 11 is 3.49. The van der Waals surface area contributed by atoms with Crippen molar-refractivity contribution in [3.63, 3.8) is 0 Å². The number of ether oxygens (including phenoxy) is 2. The van der Waals surface area contributed by atoms with Crippen molar-refractivity contribution in [2.24, 2.45) is 0 Å². The van der Waals surface area contributed by atoms with E-state index in [1.807, 2.05) is 60.7 Å². The van der Waals surface area contributed by atoms with Gasteiger partial charge in [0.25, 0.3) is 0 Å². The molecular weight excluding hydrogens is 474 g/mol. The smallest absolute Gasteiger partial charge is 0.410 e. The predicted octanol–water partition coefficient (Wildman–Crippen LogP) is 3.97. The minimum absolute atomic E-state index is 0.226. The molecule has 0 saturated carbocycles. The fraction of sp³-hybridized carbons (Fsp3) is 0.417. The zero-order chi connectivity index (χ0) is 22.6. The minimum Gasteiger partial charge on any atom is -0.445 e. The monoisotopic (exact) mass is 503 g/mol. The van der Waals surface area contributed by atoms with Crippen LogP contribution in [0.15, 0.2) is 60.7 Å². The van der Waals surface area contributed by atoms with Crippen LogP contribution in [0.4, 0.5) is 9.59 Å². The third-order valence-electron chi connectivity index (χ3n) is 5.34. The van der Waals surface area contributed by atoms with Crippen molar-refractivity contribution in [1.82, 2.24) is 14.7 Å². The van der Waals surface area contributed by atoms with E-state index >= 15 is 0 Å². The summed E-state index contributed by atoms with van der Waals surface area (Å²) in [5, 5.41) is 0.823. The highest BCUT2D eigenvalue weighted by Gasteiger charge is 2.23. The van der Waals surface area contributed by atoms with Crippen molar-refractivity contribution in [2.45, 2.75) is 13.2 Å². The molecule has 1 fully saturated rings. The number of benzene rings is 2. The second kappa shape index (κ2) is 13.1. The Bertz CT molecular complexity index is 770. The molecule has 1 heterocycles. The fourth-order valence-electron chi connectivity index (χ4n) is 3.43.